The molecule has 0 saturated heterocycles. The number of alkyl halides is 3. The lowest BCUT2D eigenvalue weighted by atomic mass is 10.3. The van der Waals surface area contributed by atoms with Gasteiger partial charge in [-0.15, -0.1) is 5.10 Å². The van der Waals surface area contributed by atoms with Crippen molar-refractivity contribution in [2.24, 2.45) is 0 Å². The Morgan fingerprint density at radius 2 is 2.12 bits per heavy atom. The zero-order chi connectivity index (χ0) is 11.9. The van der Waals surface area contributed by atoms with Crippen molar-refractivity contribution >= 4 is 11.6 Å². The van der Waals surface area contributed by atoms with Crippen LogP contribution >= 0.6 is 0 Å². The molecule has 0 spiro atoms. The fraction of sp³-hybridized carbons (Fsp3) is 0.125. The molecule has 0 amide bonds. The molecule has 2 aromatic rings. The third-order valence-corrected chi connectivity index (χ3v) is 1.84. The van der Waals surface area contributed by atoms with Crippen LogP contribution in [0.4, 0.5) is 13.2 Å². The number of pyridine rings is 1. The van der Waals surface area contributed by atoms with E-state index in [9.17, 15) is 18.0 Å². The Morgan fingerprint density at radius 3 is 2.69 bits per heavy atom. The van der Waals surface area contributed by atoms with E-state index in [2.05, 4.69) is 10.1 Å². The van der Waals surface area contributed by atoms with Gasteiger partial charge in [-0.1, -0.05) is 0 Å². The van der Waals surface area contributed by atoms with E-state index in [1.807, 2.05) is 0 Å². The molecule has 0 atom stereocenters. The van der Waals surface area contributed by atoms with Gasteiger partial charge < -0.3 is 5.11 Å². The van der Waals surface area contributed by atoms with Gasteiger partial charge in [-0.2, -0.15) is 13.2 Å². The molecule has 0 aliphatic rings. The van der Waals surface area contributed by atoms with Crippen molar-refractivity contribution in [3.05, 3.63) is 29.7 Å². The fourth-order valence-electron chi connectivity index (χ4n) is 1.13. The quantitative estimate of drug-likeness (QED) is 0.806. The van der Waals surface area contributed by atoms with Gasteiger partial charge in [0.1, 0.15) is 0 Å². The fourth-order valence-corrected chi connectivity index (χ4v) is 1.13. The second-order valence-electron chi connectivity index (χ2n) is 2.96. The van der Waals surface area contributed by atoms with Crippen LogP contribution in [0.1, 0.15) is 16.2 Å². The lowest BCUT2D eigenvalue weighted by Gasteiger charge is -1.96. The van der Waals surface area contributed by atoms with Crippen LogP contribution in [0, 0.1) is 0 Å². The van der Waals surface area contributed by atoms with Gasteiger partial charge in [0.05, 0.1) is 5.56 Å². The van der Waals surface area contributed by atoms with Crippen LogP contribution in [-0.4, -0.2) is 25.7 Å². The highest BCUT2D eigenvalue weighted by atomic mass is 19.4. The first-order valence-electron chi connectivity index (χ1n) is 4.05. The summed E-state index contributed by atoms with van der Waals surface area (Å²) in [5, 5.41) is 11.8. The zero-order valence-electron chi connectivity index (χ0n) is 7.56. The number of aromatic carboxylic acids is 1. The molecule has 8 heteroatoms. The number of aromatic nitrogens is 3. The van der Waals surface area contributed by atoms with E-state index in [0.717, 1.165) is 22.8 Å². The third-order valence-electron chi connectivity index (χ3n) is 1.84. The van der Waals surface area contributed by atoms with Crippen LogP contribution in [0.25, 0.3) is 5.65 Å². The minimum absolute atomic E-state index is 0.145. The van der Waals surface area contributed by atoms with E-state index >= 15 is 0 Å². The molecule has 0 aliphatic carbocycles. The molecule has 0 unspecified atom stereocenters. The summed E-state index contributed by atoms with van der Waals surface area (Å²) in [5.41, 5.74) is -0.305. The minimum atomic E-state index is -4.64. The largest absolute Gasteiger partial charge is 0.478 e. The molecular formula is C8H4F3N3O2. The van der Waals surface area contributed by atoms with Crippen molar-refractivity contribution in [3.63, 3.8) is 0 Å². The van der Waals surface area contributed by atoms with Crippen molar-refractivity contribution in [2.75, 3.05) is 0 Å². The lowest BCUT2D eigenvalue weighted by molar-refractivity contribution is -0.144. The Bertz CT molecular complexity index is 561. The van der Waals surface area contributed by atoms with E-state index in [-0.39, 0.29) is 11.2 Å². The molecule has 5 nitrogen and oxygen atoms in total. The Kier molecular flexibility index (Phi) is 2.07. The predicted molar refractivity (Wildman–Crippen MR) is 44.9 cm³/mol. The van der Waals surface area contributed by atoms with Gasteiger partial charge in [-0.05, 0) is 12.1 Å². The summed E-state index contributed by atoms with van der Waals surface area (Å²) in [5.74, 6) is -2.53. The predicted octanol–water partition coefficient (Wildman–Crippen LogP) is 1.45. The molecule has 2 aromatic heterocycles. The molecule has 16 heavy (non-hydrogen) atoms. The first kappa shape index (κ1) is 10.4. The normalized spacial score (nSPS) is 11.9. The highest BCUT2D eigenvalue weighted by Crippen LogP contribution is 2.26. The molecule has 2 rings (SSSR count). The average molecular weight is 231 g/mol. The molecule has 0 saturated carbocycles. The van der Waals surface area contributed by atoms with Crippen LogP contribution in [0.5, 0.6) is 0 Å². The molecule has 84 valence electrons. The SMILES string of the molecule is O=C(O)c1ccn2nc(C(F)(F)F)nc2c1. The molecule has 0 bridgehead atoms. The van der Waals surface area contributed by atoms with E-state index in [1.165, 1.54) is 0 Å². The second kappa shape index (κ2) is 3.19. The summed E-state index contributed by atoms with van der Waals surface area (Å²) < 4.78 is 37.6. The van der Waals surface area contributed by atoms with E-state index in [1.54, 1.807) is 0 Å². The molecular weight excluding hydrogens is 227 g/mol. The second-order valence-corrected chi connectivity index (χ2v) is 2.96. The topological polar surface area (TPSA) is 67.5 Å². The summed E-state index contributed by atoms with van der Waals surface area (Å²) in [4.78, 5) is 13.8. The van der Waals surface area contributed by atoms with Gasteiger partial charge in [-0.25, -0.2) is 14.3 Å². The van der Waals surface area contributed by atoms with Gasteiger partial charge in [-0.3, -0.25) is 0 Å². The summed E-state index contributed by atoms with van der Waals surface area (Å²) >= 11 is 0. The van der Waals surface area contributed by atoms with Crippen molar-refractivity contribution < 1.29 is 23.1 Å². The minimum Gasteiger partial charge on any atom is -0.478 e. The standard InChI is InChI=1S/C8H4F3N3O2/c9-8(10,11)7-12-5-3-4(6(15)16)1-2-14(5)13-7/h1-3H,(H,15,16). The van der Waals surface area contributed by atoms with Crippen LogP contribution < -0.4 is 0 Å². The molecule has 2 heterocycles. The Hall–Kier alpha value is -2.12. The Balaban J connectivity index is 2.59. The number of carboxylic acids is 1. The van der Waals surface area contributed by atoms with Crippen molar-refractivity contribution in [1.82, 2.24) is 14.6 Å². The monoisotopic (exact) mass is 231 g/mol. The molecule has 0 fully saturated rings. The Labute approximate surface area is 86.1 Å². The average Bonchev–Trinajstić information content (AvgIpc) is 2.58. The number of carboxylic acid groups (broad SMARTS) is 1. The number of fused-ring (bicyclic) bond motifs is 1. The maximum atomic E-state index is 12.2. The molecule has 1 N–H and O–H groups in total. The highest BCUT2D eigenvalue weighted by molar-refractivity contribution is 5.88. The smallest absolute Gasteiger partial charge is 0.453 e. The van der Waals surface area contributed by atoms with Gasteiger partial charge >= 0.3 is 12.1 Å². The zero-order valence-corrected chi connectivity index (χ0v) is 7.56. The van der Waals surface area contributed by atoms with Crippen molar-refractivity contribution in [2.45, 2.75) is 6.18 Å². The first-order chi connectivity index (χ1) is 7.38. The molecule has 0 radical (unpaired) electrons. The summed E-state index contributed by atoms with van der Waals surface area (Å²) in [6, 6.07) is 2.16. The van der Waals surface area contributed by atoms with Crippen LogP contribution in [0.3, 0.4) is 0 Å². The number of nitrogens with zero attached hydrogens (tertiary/aromatic N) is 3. The summed E-state index contributed by atoms with van der Waals surface area (Å²) in [7, 11) is 0. The maximum Gasteiger partial charge on any atom is 0.453 e. The van der Waals surface area contributed by atoms with Crippen molar-refractivity contribution in [1.29, 1.82) is 0 Å². The lowest BCUT2D eigenvalue weighted by Crippen LogP contribution is -2.07. The number of carbonyl (C=O) groups is 1. The summed E-state index contributed by atoms with van der Waals surface area (Å²) in [6.07, 6.45) is -3.53. The van der Waals surface area contributed by atoms with Gasteiger partial charge in [0.25, 0.3) is 5.82 Å². The first-order valence-corrected chi connectivity index (χ1v) is 4.05. The van der Waals surface area contributed by atoms with Crippen molar-refractivity contribution in [3.8, 4) is 0 Å². The van der Waals surface area contributed by atoms with Gasteiger partial charge in [0, 0.05) is 6.20 Å². The van der Waals surface area contributed by atoms with E-state index < -0.39 is 18.0 Å². The number of hydrogen-bond donors (Lipinski definition) is 1. The van der Waals surface area contributed by atoms with E-state index in [4.69, 9.17) is 5.11 Å². The number of rotatable bonds is 1. The van der Waals surface area contributed by atoms with Gasteiger partial charge in [0.15, 0.2) is 5.65 Å². The summed E-state index contributed by atoms with van der Waals surface area (Å²) in [6.45, 7) is 0. The molecule has 0 aliphatic heterocycles. The van der Waals surface area contributed by atoms with Crippen LogP contribution in [0.15, 0.2) is 18.3 Å². The maximum absolute atomic E-state index is 12.2. The highest BCUT2D eigenvalue weighted by Gasteiger charge is 2.36. The number of halogens is 3. The Morgan fingerprint density at radius 1 is 1.44 bits per heavy atom. The number of hydrogen-bond acceptors (Lipinski definition) is 3. The van der Waals surface area contributed by atoms with Crippen LogP contribution in [-0.2, 0) is 6.18 Å². The third kappa shape index (κ3) is 1.69. The van der Waals surface area contributed by atoms with Gasteiger partial charge in [0.2, 0.25) is 0 Å². The van der Waals surface area contributed by atoms with Crippen LogP contribution in [0.2, 0.25) is 0 Å². The van der Waals surface area contributed by atoms with E-state index in [0.29, 0.717) is 0 Å². The molecule has 0 aromatic carbocycles.